The predicted octanol–water partition coefficient (Wildman–Crippen LogP) is 2.11. The molecular formula is C19H25FN2O2. The lowest BCUT2D eigenvalue weighted by Gasteiger charge is -2.34. The molecule has 4 atom stereocenters. The second-order valence-corrected chi connectivity index (χ2v) is 7.44. The fraction of sp³-hybridized carbons (Fsp3) is 0.632. The molecule has 0 radical (unpaired) electrons. The van der Waals surface area contributed by atoms with Crippen molar-refractivity contribution in [2.24, 2.45) is 11.8 Å². The molecule has 1 aromatic rings. The van der Waals surface area contributed by atoms with Gasteiger partial charge in [0.15, 0.2) is 0 Å². The van der Waals surface area contributed by atoms with Gasteiger partial charge in [-0.2, -0.15) is 0 Å². The van der Waals surface area contributed by atoms with Crippen LogP contribution in [-0.2, 0) is 9.53 Å². The number of benzene rings is 1. The van der Waals surface area contributed by atoms with Crippen LogP contribution in [0.2, 0.25) is 0 Å². The highest BCUT2D eigenvalue weighted by Crippen LogP contribution is 2.49. The van der Waals surface area contributed by atoms with Gasteiger partial charge in [0.05, 0.1) is 13.2 Å². The zero-order chi connectivity index (χ0) is 16.7. The Balaban J connectivity index is 1.38. The summed E-state index contributed by atoms with van der Waals surface area (Å²) >= 11 is 0. The number of hydrogen-bond donors (Lipinski definition) is 0. The van der Waals surface area contributed by atoms with Gasteiger partial charge in [-0.3, -0.25) is 9.69 Å². The molecule has 2 saturated heterocycles. The van der Waals surface area contributed by atoms with Gasteiger partial charge < -0.3 is 9.64 Å². The van der Waals surface area contributed by atoms with E-state index in [-0.39, 0.29) is 23.6 Å². The number of carbonyl (C=O) groups is 1. The molecule has 2 heterocycles. The van der Waals surface area contributed by atoms with E-state index < -0.39 is 0 Å². The van der Waals surface area contributed by atoms with Crippen molar-refractivity contribution in [1.29, 1.82) is 0 Å². The molecule has 0 spiro atoms. The molecule has 130 valence electrons. The third-order valence-corrected chi connectivity index (χ3v) is 5.78. The Labute approximate surface area is 142 Å². The Morgan fingerprint density at radius 2 is 2.04 bits per heavy atom. The van der Waals surface area contributed by atoms with Crippen molar-refractivity contribution in [2.45, 2.75) is 25.3 Å². The van der Waals surface area contributed by atoms with Crippen LogP contribution in [0.25, 0.3) is 0 Å². The van der Waals surface area contributed by atoms with Crippen molar-refractivity contribution >= 4 is 5.91 Å². The molecule has 4 nitrogen and oxygen atoms in total. The largest absolute Gasteiger partial charge is 0.379 e. The van der Waals surface area contributed by atoms with E-state index in [9.17, 15) is 9.18 Å². The molecule has 4 unspecified atom stereocenters. The number of nitrogens with zero attached hydrogens (tertiary/aromatic N) is 2. The highest BCUT2D eigenvalue weighted by Gasteiger charge is 2.48. The van der Waals surface area contributed by atoms with E-state index in [0.29, 0.717) is 12.0 Å². The molecule has 0 N–H and O–H groups in total. The van der Waals surface area contributed by atoms with Crippen LogP contribution < -0.4 is 0 Å². The molecular weight excluding hydrogens is 307 g/mol. The first-order valence-corrected chi connectivity index (χ1v) is 8.99. The Morgan fingerprint density at radius 1 is 1.25 bits per heavy atom. The topological polar surface area (TPSA) is 32.8 Å². The molecule has 1 aromatic carbocycles. The fourth-order valence-electron chi connectivity index (χ4n) is 4.32. The van der Waals surface area contributed by atoms with E-state index in [1.54, 1.807) is 12.1 Å². The van der Waals surface area contributed by atoms with Gasteiger partial charge in [0, 0.05) is 38.1 Å². The van der Waals surface area contributed by atoms with Gasteiger partial charge in [-0.25, -0.2) is 4.39 Å². The number of ether oxygens (including phenoxy) is 1. The Hall–Kier alpha value is -1.46. The summed E-state index contributed by atoms with van der Waals surface area (Å²) in [6.07, 6.45) is 0.857. The van der Waals surface area contributed by atoms with Gasteiger partial charge in [-0.05, 0) is 36.0 Å². The maximum Gasteiger partial charge on any atom is 0.226 e. The number of rotatable bonds is 3. The van der Waals surface area contributed by atoms with Gasteiger partial charge in [-0.1, -0.05) is 19.1 Å². The number of carbonyl (C=O) groups excluding carboxylic acids is 1. The predicted molar refractivity (Wildman–Crippen MR) is 89.2 cm³/mol. The summed E-state index contributed by atoms with van der Waals surface area (Å²) in [5.41, 5.74) is 0.963. The second kappa shape index (κ2) is 6.45. The lowest BCUT2D eigenvalue weighted by atomic mass is 10.0. The number of hydrogen-bond acceptors (Lipinski definition) is 3. The zero-order valence-electron chi connectivity index (χ0n) is 14.2. The van der Waals surface area contributed by atoms with Crippen LogP contribution in [0, 0.1) is 17.7 Å². The first-order valence-electron chi connectivity index (χ1n) is 8.99. The Morgan fingerprint density at radius 3 is 2.79 bits per heavy atom. The molecule has 5 heteroatoms. The summed E-state index contributed by atoms with van der Waals surface area (Å²) in [5, 5.41) is 0. The lowest BCUT2D eigenvalue weighted by molar-refractivity contribution is -0.131. The van der Waals surface area contributed by atoms with Crippen molar-refractivity contribution in [3.63, 3.8) is 0 Å². The quantitative estimate of drug-likeness (QED) is 0.850. The van der Waals surface area contributed by atoms with E-state index in [1.807, 2.05) is 11.0 Å². The molecule has 4 rings (SSSR count). The molecule has 24 heavy (non-hydrogen) atoms. The molecule has 3 fully saturated rings. The van der Waals surface area contributed by atoms with E-state index in [0.717, 1.165) is 51.4 Å². The van der Waals surface area contributed by atoms with Crippen molar-refractivity contribution in [3.05, 3.63) is 35.6 Å². The number of amides is 1. The molecule has 2 aliphatic heterocycles. The minimum absolute atomic E-state index is 0.0439. The number of morpholine rings is 1. The molecule has 1 saturated carbocycles. The van der Waals surface area contributed by atoms with Crippen molar-refractivity contribution in [2.75, 3.05) is 39.4 Å². The fourth-order valence-corrected chi connectivity index (χ4v) is 4.32. The Kier molecular flexibility index (Phi) is 4.31. The number of likely N-dealkylation sites (tertiary alicyclic amines) is 1. The van der Waals surface area contributed by atoms with Crippen molar-refractivity contribution in [3.8, 4) is 0 Å². The summed E-state index contributed by atoms with van der Waals surface area (Å²) in [6, 6.07) is 7.14. The average Bonchev–Trinajstić information content (AvgIpc) is 3.30. The highest BCUT2D eigenvalue weighted by molar-refractivity contribution is 5.83. The smallest absolute Gasteiger partial charge is 0.226 e. The van der Waals surface area contributed by atoms with Crippen molar-refractivity contribution < 1.29 is 13.9 Å². The normalized spacial score (nSPS) is 33.7. The van der Waals surface area contributed by atoms with Gasteiger partial charge in [0.25, 0.3) is 0 Å². The SMILES string of the molecule is CC1CN(C(=O)C2CC2c2cccc(F)c2)CC1N1CCOCC1. The first-order chi connectivity index (χ1) is 11.6. The van der Waals surface area contributed by atoms with E-state index >= 15 is 0 Å². The highest BCUT2D eigenvalue weighted by atomic mass is 19.1. The van der Waals surface area contributed by atoms with Crippen LogP contribution in [-0.4, -0.2) is 61.1 Å². The maximum atomic E-state index is 13.4. The summed E-state index contributed by atoms with van der Waals surface area (Å²) in [5.74, 6) is 0.784. The van der Waals surface area contributed by atoms with Crippen molar-refractivity contribution in [1.82, 2.24) is 9.80 Å². The molecule has 3 aliphatic rings. The standard InChI is InChI=1S/C19H25FN2O2/c1-13-11-22(12-18(13)21-5-7-24-8-6-21)19(23)17-10-16(17)14-3-2-4-15(20)9-14/h2-4,9,13,16-18H,5-8,10-12H2,1H3. The van der Waals surface area contributed by atoms with Crippen LogP contribution >= 0.6 is 0 Å². The zero-order valence-corrected chi connectivity index (χ0v) is 14.2. The second-order valence-electron chi connectivity index (χ2n) is 7.44. The van der Waals surface area contributed by atoms with Gasteiger partial charge in [-0.15, -0.1) is 0 Å². The summed E-state index contributed by atoms with van der Waals surface area (Å²) in [7, 11) is 0. The van der Waals surface area contributed by atoms with Crippen LogP contribution in [0.15, 0.2) is 24.3 Å². The van der Waals surface area contributed by atoms with Crippen LogP contribution in [0.5, 0.6) is 0 Å². The third kappa shape index (κ3) is 3.07. The summed E-state index contributed by atoms with van der Waals surface area (Å²) in [6.45, 7) is 7.42. The minimum atomic E-state index is -0.215. The maximum absolute atomic E-state index is 13.4. The van der Waals surface area contributed by atoms with Crippen LogP contribution in [0.1, 0.15) is 24.8 Å². The minimum Gasteiger partial charge on any atom is -0.379 e. The van der Waals surface area contributed by atoms with Crippen LogP contribution in [0.3, 0.4) is 0 Å². The molecule has 0 aromatic heterocycles. The van der Waals surface area contributed by atoms with E-state index in [1.165, 1.54) is 6.07 Å². The third-order valence-electron chi connectivity index (χ3n) is 5.78. The van der Waals surface area contributed by atoms with E-state index in [2.05, 4.69) is 11.8 Å². The molecule has 1 aliphatic carbocycles. The van der Waals surface area contributed by atoms with Crippen LogP contribution in [0.4, 0.5) is 4.39 Å². The number of halogens is 1. The average molecular weight is 332 g/mol. The Bertz CT molecular complexity index is 617. The molecule has 1 amide bonds. The lowest BCUT2D eigenvalue weighted by Crippen LogP contribution is -2.47. The monoisotopic (exact) mass is 332 g/mol. The van der Waals surface area contributed by atoms with Gasteiger partial charge in [0.1, 0.15) is 5.82 Å². The summed E-state index contributed by atoms with van der Waals surface area (Å²) in [4.78, 5) is 17.3. The van der Waals surface area contributed by atoms with Gasteiger partial charge in [0.2, 0.25) is 5.91 Å². The molecule has 0 bridgehead atoms. The van der Waals surface area contributed by atoms with E-state index in [4.69, 9.17) is 4.74 Å². The summed E-state index contributed by atoms with van der Waals surface area (Å²) < 4.78 is 18.8. The van der Waals surface area contributed by atoms with Gasteiger partial charge >= 0.3 is 0 Å². The first kappa shape index (κ1) is 16.0.